The molecule has 1 atom stereocenters. The van der Waals surface area contributed by atoms with Gasteiger partial charge in [0.1, 0.15) is 11.6 Å². The molecule has 0 aliphatic heterocycles. The summed E-state index contributed by atoms with van der Waals surface area (Å²) in [5.41, 5.74) is 6.35. The van der Waals surface area contributed by atoms with Crippen molar-refractivity contribution in [1.82, 2.24) is 4.98 Å². The average Bonchev–Trinajstić information content (AvgIpc) is 2.46. The van der Waals surface area contributed by atoms with Crippen LogP contribution in [-0.4, -0.2) is 4.98 Å². The molecule has 2 N–H and O–H groups in total. The number of nitrogens with two attached hydrogens (primary N) is 1. The summed E-state index contributed by atoms with van der Waals surface area (Å²) in [6, 6.07) is 12.1. The van der Waals surface area contributed by atoms with Crippen LogP contribution in [0, 0.1) is 11.6 Å². The number of aromatic nitrogens is 1. The van der Waals surface area contributed by atoms with E-state index in [4.69, 9.17) is 5.73 Å². The second-order valence-corrected chi connectivity index (χ2v) is 4.53. The van der Waals surface area contributed by atoms with E-state index in [2.05, 4.69) is 4.98 Å². The molecule has 0 radical (unpaired) electrons. The number of hydrogen-bond acceptors (Lipinski definition) is 2. The van der Waals surface area contributed by atoms with Crippen LogP contribution >= 0.6 is 0 Å². The number of benzene rings is 2. The summed E-state index contributed by atoms with van der Waals surface area (Å²) < 4.78 is 27.7. The van der Waals surface area contributed by atoms with Crippen LogP contribution < -0.4 is 5.73 Å². The van der Waals surface area contributed by atoms with Gasteiger partial charge in [-0.05, 0) is 23.6 Å². The van der Waals surface area contributed by atoms with Crippen molar-refractivity contribution in [3.05, 3.63) is 77.6 Å². The Bertz CT molecular complexity index is 746. The van der Waals surface area contributed by atoms with Gasteiger partial charge in [0.15, 0.2) is 0 Å². The number of fused-ring (bicyclic) bond motifs is 1. The lowest BCUT2D eigenvalue weighted by Crippen LogP contribution is -2.17. The molecule has 0 saturated heterocycles. The van der Waals surface area contributed by atoms with E-state index in [1.165, 1.54) is 18.2 Å². The molecule has 100 valence electrons. The van der Waals surface area contributed by atoms with Gasteiger partial charge in [-0.15, -0.1) is 0 Å². The minimum absolute atomic E-state index is 0.156. The SMILES string of the molecule is NC(c1c(F)cccc1F)c1nccc2ccccc12. The highest BCUT2D eigenvalue weighted by Gasteiger charge is 2.20. The maximum atomic E-state index is 13.8. The van der Waals surface area contributed by atoms with E-state index in [1.54, 1.807) is 6.20 Å². The molecule has 0 spiro atoms. The summed E-state index contributed by atoms with van der Waals surface area (Å²) in [4.78, 5) is 4.21. The van der Waals surface area contributed by atoms with Gasteiger partial charge >= 0.3 is 0 Å². The lowest BCUT2D eigenvalue weighted by molar-refractivity contribution is 0.542. The van der Waals surface area contributed by atoms with E-state index in [-0.39, 0.29) is 5.56 Å². The Morgan fingerprint density at radius 3 is 2.35 bits per heavy atom. The zero-order valence-electron chi connectivity index (χ0n) is 10.6. The first-order valence-electron chi connectivity index (χ1n) is 6.21. The molecule has 0 bridgehead atoms. The lowest BCUT2D eigenvalue weighted by atomic mass is 9.98. The number of rotatable bonds is 2. The molecule has 1 unspecified atom stereocenters. The van der Waals surface area contributed by atoms with E-state index in [0.717, 1.165) is 10.8 Å². The molecule has 0 aliphatic carbocycles. The normalized spacial score (nSPS) is 12.6. The molecule has 3 rings (SSSR count). The summed E-state index contributed by atoms with van der Waals surface area (Å²) in [6.07, 6.45) is 1.59. The van der Waals surface area contributed by atoms with Crippen LogP contribution in [0.4, 0.5) is 8.78 Å². The van der Waals surface area contributed by atoms with Crippen LogP contribution in [0.1, 0.15) is 17.3 Å². The fraction of sp³-hybridized carbons (Fsp3) is 0.0625. The lowest BCUT2D eigenvalue weighted by Gasteiger charge is -2.15. The van der Waals surface area contributed by atoms with Crippen molar-refractivity contribution in [1.29, 1.82) is 0 Å². The summed E-state index contributed by atoms with van der Waals surface area (Å²) in [6.45, 7) is 0. The second-order valence-electron chi connectivity index (χ2n) is 4.53. The first-order chi connectivity index (χ1) is 9.68. The Kier molecular flexibility index (Phi) is 3.16. The highest BCUT2D eigenvalue weighted by Crippen LogP contribution is 2.28. The number of pyridine rings is 1. The smallest absolute Gasteiger partial charge is 0.131 e. The highest BCUT2D eigenvalue weighted by molar-refractivity contribution is 5.85. The van der Waals surface area contributed by atoms with Gasteiger partial charge < -0.3 is 5.73 Å². The van der Waals surface area contributed by atoms with E-state index in [0.29, 0.717) is 5.69 Å². The van der Waals surface area contributed by atoms with Gasteiger partial charge in [0.25, 0.3) is 0 Å². The highest BCUT2D eigenvalue weighted by atomic mass is 19.1. The summed E-state index contributed by atoms with van der Waals surface area (Å²) in [5.74, 6) is -1.32. The van der Waals surface area contributed by atoms with Crippen molar-refractivity contribution in [3.8, 4) is 0 Å². The molecule has 2 nitrogen and oxygen atoms in total. The first kappa shape index (κ1) is 12.7. The number of nitrogens with zero attached hydrogens (tertiary/aromatic N) is 1. The Labute approximate surface area is 114 Å². The van der Waals surface area contributed by atoms with Gasteiger partial charge in [-0.3, -0.25) is 4.98 Å². The Hall–Kier alpha value is -2.33. The van der Waals surface area contributed by atoms with E-state index < -0.39 is 17.7 Å². The van der Waals surface area contributed by atoms with Crippen molar-refractivity contribution in [2.75, 3.05) is 0 Å². The van der Waals surface area contributed by atoms with Gasteiger partial charge in [0.05, 0.1) is 11.7 Å². The third-order valence-corrected chi connectivity index (χ3v) is 3.31. The molecule has 0 amide bonds. The predicted octanol–water partition coefficient (Wildman–Crippen LogP) is 3.56. The molecule has 0 fully saturated rings. The van der Waals surface area contributed by atoms with Crippen LogP contribution in [0.3, 0.4) is 0 Å². The third kappa shape index (κ3) is 2.04. The summed E-state index contributed by atoms with van der Waals surface area (Å²) >= 11 is 0. The molecule has 3 aromatic rings. The van der Waals surface area contributed by atoms with Crippen molar-refractivity contribution in [3.63, 3.8) is 0 Å². The van der Waals surface area contributed by atoms with Crippen LogP contribution in [0.5, 0.6) is 0 Å². The van der Waals surface area contributed by atoms with Crippen molar-refractivity contribution >= 4 is 10.8 Å². The molecule has 1 aromatic heterocycles. The molecular weight excluding hydrogens is 258 g/mol. The van der Waals surface area contributed by atoms with Gasteiger partial charge in [-0.2, -0.15) is 0 Å². The topological polar surface area (TPSA) is 38.9 Å². The maximum Gasteiger partial charge on any atom is 0.131 e. The average molecular weight is 270 g/mol. The van der Waals surface area contributed by atoms with Crippen LogP contribution in [-0.2, 0) is 0 Å². The predicted molar refractivity (Wildman–Crippen MR) is 74.1 cm³/mol. The van der Waals surface area contributed by atoms with E-state index >= 15 is 0 Å². The number of halogens is 2. The maximum absolute atomic E-state index is 13.8. The standard InChI is InChI=1S/C16H12F2N2/c17-12-6-3-7-13(18)14(12)15(19)16-11-5-2-1-4-10(11)8-9-20-16/h1-9,15H,19H2. The monoisotopic (exact) mass is 270 g/mol. The van der Waals surface area contributed by atoms with Gasteiger partial charge in [0.2, 0.25) is 0 Å². The Balaban J connectivity index is 2.21. The third-order valence-electron chi connectivity index (χ3n) is 3.31. The summed E-state index contributed by atoms with van der Waals surface area (Å²) in [7, 11) is 0. The second kappa shape index (κ2) is 4.98. The Morgan fingerprint density at radius 2 is 1.60 bits per heavy atom. The van der Waals surface area contributed by atoms with Gasteiger partial charge in [-0.25, -0.2) is 8.78 Å². The molecule has 0 saturated carbocycles. The molecule has 2 aromatic carbocycles. The fourth-order valence-electron chi connectivity index (χ4n) is 2.34. The van der Waals surface area contributed by atoms with Crippen molar-refractivity contribution < 1.29 is 8.78 Å². The molecule has 4 heteroatoms. The number of hydrogen-bond donors (Lipinski definition) is 1. The van der Waals surface area contributed by atoms with Crippen LogP contribution in [0.2, 0.25) is 0 Å². The zero-order chi connectivity index (χ0) is 14.1. The molecule has 0 aliphatic rings. The molecular formula is C16H12F2N2. The van der Waals surface area contributed by atoms with Crippen molar-refractivity contribution in [2.24, 2.45) is 5.73 Å². The Morgan fingerprint density at radius 1 is 0.900 bits per heavy atom. The zero-order valence-corrected chi connectivity index (χ0v) is 10.6. The minimum atomic E-state index is -0.942. The van der Waals surface area contributed by atoms with E-state index in [9.17, 15) is 8.78 Å². The van der Waals surface area contributed by atoms with Crippen LogP contribution in [0.25, 0.3) is 10.8 Å². The van der Waals surface area contributed by atoms with Crippen molar-refractivity contribution in [2.45, 2.75) is 6.04 Å². The first-order valence-corrected chi connectivity index (χ1v) is 6.21. The fourth-order valence-corrected chi connectivity index (χ4v) is 2.34. The quantitative estimate of drug-likeness (QED) is 0.773. The van der Waals surface area contributed by atoms with Crippen LogP contribution in [0.15, 0.2) is 54.7 Å². The van der Waals surface area contributed by atoms with E-state index in [1.807, 2.05) is 30.3 Å². The minimum Gasteiger partial charge on any atom is -0.319 e. The molecule has 20 heavy (non-hydrogen) atoms. The molecule has 1 heterocycles. The summed E-state index contributed by atoms with van der Waals surface area (Å²) in [5, 5.41) is 1.73. The largest absolute Gasteiger partial charge is 0.319 e. The van der Waals surface area contributed by atoms with Gasteiger partial charge in [0, 0.05) is 17.1 Å². The van der Waals surface area contributed by atoms with Gasteiger partial charge in [-0.1, -0.05) is 30.3 Å².